The molecule has 0 saturated carbocycles. The molecule has 96 valence electrons. The highest BCUT2D eigenvalue weighted by Gasteiger charge is 2.05. The number of aryl methyl sites for hydroxylation is 1. The monoisotopic (exact) mass is 243 g/mol. The number of hydrogen-bond donors (Lipinski definition) is 2. The first-order chi connectivity index (χ1) is 8.70. The van der Waals surface area contributed by atoms with E-state index in [0.29, 0.717) is 5.92 Å². The van der Waals surface area contributed by atoms with E-state index in [2.05, 4.69) is 35.4 Å². The van der Waals surface area contributed by atoms with Gasteiger partial charge in [0.15, 0.2) is 0 Å². The molecule has 0 saturated heterocycles. The van der Waals surface area contributed by atoms with Crippen molar-refractivity contribution in [1.82, 2.24) is 4.98 Å². The summed E-state index contributed by atoms with van der Waals surface area (Å²) < 4.78 is 0. The molecule has 2 rings (SSSR count). The molecule has 0 bridgehead atoms. The van der Waals surface area contributed by atoms with Gasteiger partial charge in [0.25, 0.3) is 0 Å². The van der Waals surface area contributed by atoms with Gasteiger partial charge in [-0.2, -0.15) is 0 Å². The van der Waals surface area contributed by atoms with Crippen LogP contribution in [0.25, 0.3) is 10.9 Å². The minimum atomic E-state index is 0.585. The number of nitrogens with one attached hydrogen (secondary N) is 1. The largest absolute Gasteiger partial charge is 0.384 e. The number of benzene rings is 1. The van der Waals surface area contributed by atoms with E-state index < -0.39 is 0 Å². The van der Waals surface area contributed by atoms with Crippen LogP contribution in [0.4, 0.5) is 5.69 Å². The van der Waals surface area contributed by atoms with Crippen LogP contribution in [-0.2, 0) is 0 Å². The number of rotatable bonds is 5. The van der Waals surface area contributed by atoms with Crippen molar-refractivity contribution in [3.05, 3.63) is 36.0 Å². The van der Waals surface area contributed by atoms with Gasteiger partial charge >= 0.3 is 0 Å². The predicted molar refractivity (Wildman–Crippen MR) is 77.8 cm³/mol. The molecule has 18 heavy (non-hydrogen) atoms. The fraction of sp³-hybridized carbons (Fsp3) is 0.400. The SMILES string of the molecule is Cc1cc(NCC(C)CCN)c2ccccc2n1. The quantitative estimate of drug-likeness (QED) is 0.849. The lowest BCUT2D eigenvalue weighted by atomic mass is 10.1. The predicted octanol–water partition coefficient (Wildman–Crippen LogP) is 2.94. The van der Waals surface area contributed by atoms with Gasteiger partial charge in [0.05, 0.1) is 5.52 Å². The molecule has 0 spiro atoms. The van der Waals surface area contributed by atoms with Crippen molar-refractivity contribution in [2.45, 2.75) is 20.3 Å². The van der Waals surface area contributed by atoms with Crippen molar-refractivity contribution in [2.24, 2.45) is 11.7 Å². The van der Waals surface area contributed by atoms with Crippen LogP contribution >= 0.6 is 0 Å². The molecule has 0 aliphatic heterocycles. The fourth-order valence-electron chi connectivity index (χ4n) is 2.12. The number of hydrogen-bond acceptors (Lipinski definition) is 3. The van der Waals surface area contributed by atoms with Crippen LogP contribution in [0.15, 0.2) is 30.3 Å². The van der Waals surface area contributed by atoms with E-state index in [0.717, 1.165) is 30.7 Å². The van der Waals surface area contributed by atoms with Crippen molar-refractivity contribution in [3.63, 3.8) is 0 Å². The van der Waals surface area contributed by atoms with Gasteiger partial charge in [-0.1, -0.05) is 25.1 Å². The first-order valence-corrected chi connectivity index (χ1v) is 6.51. The van der Waals surface area contributed by atoms with Gasteiger partial charge in [0.2, 0.25) is 0 Å². The Labute approximate surface area is 108 Å². The normalized spacial score (nSPS) is 12.6. The third-order valence-electron chi connectivity index (χ3n) is 3.14. The standard InChI is InChI=1S/C15H21N3/c1-11(7-8-16)10-17-15-9-12(2)18-14-6-4-3-5-13(14)15/h3-6,9,11H,7-8,10,16H2,1-2H3,(H,17,18). The van der Waals surface area contributed by atoms with Crippen LogP contribution in [0.1, 0.15) is 19.0 Å². The number of pyridine rings is 1. The van der Waals surface area contributed by atoms with Crippen LogP contribution in [-0.4, -0.2) is 18.1 Å². The molecule has 3 heteroatoms. The lowest BCUT2D eigenvalue weighted by Crippen LogP contribution is -2.15. The third-order valence-corrected chi connectivity index (χ3v) is 3.14. The maximum Gasteiger partial charge on any atom is 0.0725 e. The van der Waals surface area contributed by atoms with E-state index in [-0.39, 0.29) is 0 Å². The van der Waals surface area contributed by atoms with Gasteiger partial charge in [0.1, 0.15) is 0 Å². The molecule has 3 N–H and O–H groups in total. The Hall–Kier alpha value is -1.61. The maximum absolute atomic E-state index is 5.58. The summed E-state index contributed by atoms with van der Waals surface area (Å²) in [4.78, 5) is 4.54. The first-order valence-electron chi connectivity index (χ1n) is 6.51. The van der Waals surface area contributed by atoms with Crippen LogP contribution in [0.5, 0.6) is 0 Å². The summed E-state index contributed by atoms with van der Waals surface area (Å²) in [6.07, 6.45) is 1.05. The summed E-state index contributed by atoms with van der Waals surface area (Å²) in [5, 5.41) is 4.70. The summed E-state index contributed by atoms with van der Waals surface area (Å²) in [7, 11) is 0. The van der Waals surface area contributed by atoms with Crippen molar-refractivity contribution >= 4 is 16.6 Å². The van der Waals surface area contributed by atoms with E-state index in [1.165, 1.54) is 11.1 Å². The number of aromatic nitrogens is 1. The second-order valence-corrected chi connectivity index (χ2v) is 4.89. The zero-order chi connectivity index (χ0) is 13.0. The molecule has 1 aromatic carbocycles. The van der Waals surface area contributed by atoms with E-state index in [4.69, 9.17) is 5.73 Å². The molecule has 0 radical (unpaired) electrons. The molecule has 1 aromatic heterocycles. The Bertz CT molecular complexity index is 522. The molecule has 0 amide bonds. The van der Waals surface area contributed by atoms with Crippen LogP contribution in [0, 0.1) is 12.8 Å². The molecule has 1 unspecified atom stereocenters. The van der Waals surface area contributed by atoms with E-state index in [1.54, 1.807) is 0 Å². The smallest absolute Gasteiger partial charge is 0.0725 e. The third kappa shape index (κ3) is 2.99. The van der Waals surface area contributed by atoms with E-state index in [1.807, 2.05) is 19.1 Å². The molecule has 1 heterocycles. The number of fused-ring (bicyclic) bond motifs is 1. The molecule has 2 aromatic rings. The number of anilines is 1. The fourth-order valence-corrected chi connectivity index (χ4v) is 2.12. The van der Waals surface area contributed by atoms with Gasteiger partial charge in [-0.15, -0.1) is 0 Å². The van der Waals surface area contributed by atoms with E-state index >= 15 is 0 Å². The number of nitrogens with two attached hydrogens (primary N) is 1. The maximum atomic E-state index is 5.58. The highest BCUT2D eigenvalue weighted by atomic mass is 14.9. The van der Waals surface area contributed by atoms with Gasteiger partial charge in [-0.25, -0.2) is 0 Å². The Balaban J connectivity index is 2.21. The minimum Gasteiger partial charge on any atom is -0.384 e. The summed E-state index contributed by atoms with van der Waals surface area (Å²) in [5.41, 5.74) is 8.84. The first kappa shape index (κ1) is 12.8. The van der Waals surface area contributed by atoms with Crippen LogP contribution in [0.2, 0.25) is 0 Å². The Morgan fingerprint density at radius 2 is 2.11 bits per heavy atom. The molecule has 0 aliphatic rings. The van der Waals surface area contributed by atoms with Crippen LogP contribution in [0.3, 0.4) is 0 Å². The molecule has 1 atom stereocenters. The minimum absolute atomic E-state index is 0.585. The Kier molecular flexibility index (Phi) is 4.15. The number of nitrogens with zero attached hydrogens (tertiary/aromatic N) is 1. The summed E-state index contributed by atoms with van der Waals surface area (Å²) >= 11 is 0. The highest BCUT2D eigenvalue weighted by Crippen LogP contribution is 2.23. The van der Waals surface area contributed by atoms with E-state index in [9.17, 15) is 0 Å². The topological polar surface area (TPSA) is 50.9 Å². The lowest BCUT2D eigenvalue weighted by molar-refractivity contribution is 0.568. The summed E-state index contributed by atoms with van der Waals surface area (Å²) in [6.45, 7) is 5.95. The average molecular weight is 243 g/mol. The summed E-state index contributed by atoms with van der Waals surface area (Å²) in [6, 6.07) is 10.3. The molecule has 0 fully saturated rings. The van der Waals surface area contributed by atoms with Crippen molar-refractivity contribution in [2.75, 3.05) is 18.4 Å². The van der Waals surface area contributed by atoms with Gasteiger partial charge < -0.3 is 11.1 Å². The van der Waals surface area contributed by atoms with Gasteiger partial charge in [-0.05, 0) is 37.9 Å². The van der Waals surface area contributed by atoms with Crippen molar-refractivity contribution in [3.8, 4) is 0 Å². The Morgan fingerprint density at radius 3 is 2.89 bits per heavy atom. The average Bonchev–Trinajstić information content (AvgIpc) is 2.36. The summed E-state index contributed by atoms with van der Waals surface area (Å²) in [5.74, 6) is 0.585. The second kappa shape index (κ2) is 5.83. The van der Waals surface area contributed by atoms with Gasteiger partial charge in [-0.3, -0.25) is 4.98 Å². The van der Waals surface area contributed by atoms with Crippen molar-refractivity contribution < 1.29 is 0 Å². The zero-order valence-corrected chi connectivity index (χ0v) is 11.1. The molecule has 3 nitrogen and oxygen atoms in total. The Morgan fingerprint density at radius 1 is 1.33 bits per heavy atom. The second-order valence-electron chi connectivity index (χ2n) is 4.89. The molecule has 0 aliphatic carbocycles. The highest BCUT2D eigenvalue weighted by molar-refractivity contribution is 5.91. The van der Waals surface area contributed by atoms with Crippen molar-refractivity contribution in [1.29, 1.82) is 0 Å². The lowest BCUT2D eigenvalue weighted by Gasteiger charge is -2.14. The zero-order valence-electron chi connectivity index (χ0n) is 11.1. The van der Waals surface area contributed by atoms with Gasteiger partial charge in [0, 0.05) is 23.3 Å². The molecular formula is C15H21N3. The number of para-hydroxylation sites is 1. The molecular weight excluding hydrogens is 222 g/mol. The van der Waals surface area contributed by atoms with Crippen LogP contribution < -0.4 is 11.1 Å².